The van der Waals surface area contributed by atoms with E-state index in [9.17, 15) is 14.7 Å². The van der Waals surface area contributed by atoms with Crippen LogP contribution < -0.4 is 5.32 Å². The SMILES string of the molecule is CC1CC(C)N(C(=O)NCC(CC(C)(C)C)C(=O)O)C1. The molecule has 0 aromatic heterocycles. The quantitative estimate of drug-likeness (QED) is 0.833. The number of aliphatic carboxylic acids is 1. The molecule has 1 saturated heterocycles. The van der Waals surface area contributed by atoms with Crippen LogP contribution in [0.2, 0.25) is 0 Å². The number of amides is 2. The third-order valence-electron chi connectivity index (χ3n) is 3.75. The lowest BCUT2D eigenvalue weighted by Crippen LogP contribution is -2.44. The molecule has 3 unspecified atom stereocenters. The van der Waals surface area contributed by atoms with Gasteiger partial charge in [0, 0.05) is 19.1 Å². The fourth-order valence-electron chi connectivity index (χ4n) is 2.88. The van der Waals surface area contributed by atoms with E-state index in [-0.39, 0.29) is 24.0 Å². The van der Waals surface area contributed by atoms with Crippen molar-refractivity contribution in [1.82, 2.24) is 10.2 Å². The smallest absolute Gasteiger partial charge is 0.317 e. The molecular weight excluding hydrogens is 256 g/mol. The van der Waals surface area contributed by atoms with Crippen molar-refractivity contribution in [2.45, 2.75) is 53.5 Å². The molecule has 1 rings (SSSR count). The van der Waals surface area contributed by atoms with Gasteiger partial charge in [-0.3, -0.25) is 4.79 Å². The Labute approximate surface area is 121 Å². The zero-order chi connectivity index (χ0) is 15.5. The molecule has 116 valence electrons. The molecule has 0 saturated carbocycles. The molecule has 1 fully saturated rings. The van der Waals surface area contributed by atoms with Gasteiger partial charge in [0.2, 0.25) is 0 Å². The Morgan fingerprint density at radius 2 is 1.95 bits per heavy atom. The van der Waals surface area contributed by atoms with Crippen LogP contribution in [0.4, 0.5) is 4.79 Å². The first-order valence-corrected chi connectivity index (χ1v) is 7.37. The third-order valence-corrected chi connectivity index (χ3v) is 3.75. The normalized spacial score (nSPS) is 24.6. The Balaban J connectivity index is 2.51. The van der Waals surface area contributed by atoms with E-state index >= 15 is 0 Å². The van der Waals surface area contributed by atoms with Gasteiger partial charge < -0.3 is 15.3 Å². The van der Waals surface area contributed by atoms with Crippen LogP contribution >= 0.6 is 0 Å². The van der Waals surface area contributed by atoms with Crippen LogP contribution in [0.1, 0.15) is 47.5 Å². The molecule has 1 aliphatic rings. The Morgan fingerprint density at radius 1 is 1.35 bits per heavy atom. The van der Waals surface area contributed by atoms with Crippen molar-refractivity contribution in [3.05, 3.63) is 0 Å². The summed E-state index contributed by atoms with van der Waals surface area (Å²) in [4.78, 5) is 25.2. The second-order valence-corrected chi connectivity index (χ2v) is 7.33. The van der Waals surface area contributed by atoms with Gasteiger partial charge in [0.25, 0.3) is 0 Å². The summed E-state index contributed by atoms with van der Waals surface area (Å²) in [6.45, 7) is 11.1. The van der Waals surface area contributed by atoms with Crippen LogP contribution in [-0.2, 0) is 4.79 Å². The van der Waals surface area contributed by atoms with Crippen LogP contribution in [0.3, 0.4) is 0 Å². The Hall–Kier alpha value is -1.26. The van der Waals surface area contributed by atoms with Crippen molar-refractivity contribution < 1.29 is 14.7 Å². The average Bonchev–Trinajstić information content (AvgIpc) is 2.61. The van der Waals surface area contributed by atoms with Crippen LogP contribution in [0, 0.1) is 17.3 Å². The summed E-state index contributed by atoms with van der Waals surface area (Å²) in [7, 11) is 0. The number of hydrogen-bond donors (Lipinski definition) is 2. The van der Waals surface area contributed by atoms with E-state index in [4.69, 9.17) is 0 Å². The molecule has 0 bridgehead atoms. The molecule has 1 heterocycles. The molecule has 20 heavy (non-hydrogen) atoms. The molecule has 3 atom stereocenters. The number of rotatable bonds is 4. The van der Waals surface area contributed by atoms with Crippen LogP contribution in [0.15, 0.2) is 0 Å². The van der Waals surface area contributed by atoms with E-state index in [1.54, 1.807) is 4.90 Å². The van der Waals surface area contributed by atoms with Crippen LogP contribution in [0.5, 0.6) is 0 Å². The minimum absolute atomic E-state index is 0.0662. The van der Waals surface area contributed by atoms with Crippen LogP contribution in [-0.4, -0.2) is 41.1 Å². The second kappa shape index (κ2) is 6.46. The lowest BCUT2D eigenvalue weighted by atomic mass is 9.84. The number of nitrogens with zero attached hydrogens (tertiary/aromatic N) is 1. The highest BCUT2D eigenvalue weighted by molar-refractivity contribution is 5.76. The minimum atomic E-state index is -0.844. The first-order valence-electron chi connectivity index (χ1n) is 7.37. The zero-order valence-corrected chi connectivity index (χ0v) is 13.3. The standard InChI is InChI=1S/C15H28N2O3/c1-10-6-11(2)17(9-10)14(20)16-8-12(13(18)19)7-15(3,4)5/h10-12H,6-9H2,1-5H3,(H,16,20)(H,18,19). The van der Waals surface area contributed by atoms with Gasteiger partial charge in [-0.15, -0.1) is 0 Å². The van der Waals surface area contributed by atoms with Gasteiger partial charge in [-0.2, -0.15) is 0 Å². The Kier molecular flexibility index (Phi) is 5.42. The number of nitrogens with one attached hydrogen (secondary N) is 1. The number of carboxylic acid groups (broad SMARTS) is 1. The molecule has 0 aromatic carbocycles. The highest BCUT2D eigenvalue weighted by Crippen LogP contribution is 2.25. The first-order chi connectivity index (χ1) is 9.10. The van der Waals surface area contributed by atoms with Gasteiger partial charge in [-0.1, -0.05) is 27.7 Å². The molecule has 0 aromatic rings. The molecule has 0 aliphatic carbocycles. The van der Waals surface area contributed by atoms with Crippen molar-refractivity contribution >= 4 is 12.0 Å². The molecular formula is C15H28N2O3. The maximum Gasteiger partial charge on any atom is 0.317 e. The number of carbonyl (C=O) groups excluding carboxylic acids is 1. The topological polar surface area (TPSA) is 69.6 Å². The fraction of sp³-hybridized carbons (Fsp3) is 0.867. The van der Waals surface area contributed by atoms with Crippen molar-refractivity contribution in [2.24, 2.45) is 17.3 Å². The fourth-order valence-corrected chi connectivity index (χ4v) is 2.88. The number of likely N-dealkylation sites (tertiary alicyclic amines) is 1. The van der Waals surface area contributed by atoms with Crippen molar-refractivity contribution in [3.8, 4) is 0 Å². The molecule has 2 N–H and O–H groups in total. The van der Waals surface area contributed by atoms with Crippen molar-refractivity contribution in [2.75, 3.05) is 13.1 Å². The van der Waals surface area contributed by atoms with E-state index in [2.05, 4.69) is 12.2 Å². The van der Waals surface area contributed by atoms with Gasteiger partial charge in [-0.25, -0.2) is 4.79 Å². The predicted octanol–water partition coefficient (Wildman–Crippen LogP) is 2.56. The highest BCUT2D eigenvalue weighted by Gasteiger charge is 2.31. The second-order valence-electron chi connectivity index (χ2n) is 7.33. The highest BCUT2D eigenvalue weighted by atomic mass is 16.4. The monoisotopic (exact) mass is 284 g/mol. The van der Waals surface area contributed by atoms with Crippen LogP contribution in [0.25, 0.3) is 0 Å². The average molecular weight is 284 g/mol. The van der Waals surface area contributed by atoms with E-state index < -0.39 is 11.9 Å². The largest absolute Gasteiger partial charge is 0.481 e. The van der Waals surface area contributed by atoms with E-state index in [1.165, 1.54) is 0 Å². The van der Waals surface area contributed by atoms with E-state index in [1.807, 2.05) is 27.7 Å². The molecule has 0 spiro atoms. The molecule has 1 aliphatic heterocycles. The maximum absolute atomic E-state index is 12.1. The van der Waals surface area contributed by atoms with Gasteiger partial charge in [0.1, 0.15) is 0 Å². The van der Waals surface area contributed by atoms with Gasteiger partial charge in [-0.05, 0) is 31.1 Å². The number of carboxylic acids is 1. The summed E-state index contributed by atoms with van der Waals surface area (Å²) in [6.07, 6.45) is 1.56. The summed E-state index contributed by atoms with van der Waals surface area (Å²) in [5, 5.41) is 12.0. The lowest BCUT2D eigenvalue weighted by Gasteiger charge is -2.26. The summed E-state index contributed by atoms with van der Waals surface area (Å²) in [5.74, 6) is -0.863. The summed E-state index contributed by atoms with van der Waals surface area (Å²) in [5.41, 5.74) is -0.0662. The van der Waals surface area contributed by atoms with E-state index in [0.29, 0.717) is 12.3 Å². The predicted molar refractivity (Wildman–Crippen MR) is 78.5 cm³/mol. The number of hydrogen-bond acceptors (Lipinski definition) is 2. The summed E-state index contributed by atoms with van der Waals surface area (Å²) < 4.78 is 0. The van der Waals surface area contributed by atoms with E-state index in [0.717, 1.165) is 13.0 Å². The summed E-state index contributed by atoms with van der Waals surface area (Å²) in [6, 6.07) is 0.0953. The van der Waals surface area contributed by atoms with Gasteiger partial charge in [0.05, 0.1) is 5.92 Å². The van der Waals surface area contributed by atoms with Gasteiger partial charge >= 0.3 is 12.0 Å². The number of urea groups is 1. The molecule has 2 amide bonds. The van der Waals surface area contributed by atoms with Gasteiger partial charge in [0.15, 0.2) is 0 Å². The number of carbonyl (C=O) groups is 2. The minimum Gasteiger partial charge on any atom is -0.481 e. The Bertz CT molecular complexity index is 363. The molecule has 5 heteroatoms. The third kappa shape index (κ3) is 5.02. The first kappa shape index (κ1) is 16.8. The molecule has 0 radical (unpaired) electrons. The summed E-state index contributed by atoms with van der Waals surface area (Å²) >= 11 is 0. The zero-order valence-electron chi connectivity index (χ0n) is 13.3. The van der Waals surface area contributed by atoms with Crippen molar-refractivity contribution in [3.63, 3.8) is 0 Å². The van der Waals surface area contributed by atoms with Crippen molar-refractivity contribution in [1.29, 1.82) is 0 Å². The molecule has 5 nitrogen and oxygen atoms in total. The maximum atomic E-state index is 12.1. The lowest BCUT2D eigenvalue weighted by molar-refractivity contribution is -0.142. The Morgan fingerprint density at radius 3 is 2.35 bits per heavy atom.